The van der Waals surface area contributed by atoms with E-state index in [0.717, 1.165) is 36.5 Å². The lowest BCUT2D eigenvalue weighted by Crippen LogP contribution is -2.47. The van der Waals surface area contributed by atoms with Crippen molar-refractivity contribution < 1.29 is 9.59 Å². The summed E-state index contributed by atoms with van der Waals surface area (Å²) in [6.45, 7) is 7.06. The van der Waals surface area contributed by atoms with E-state index in [1.807, 2.05) is 49.4 Å². The molecule has 30 heavy (non-hydrogen) atoms. The number of carbonyl (C=O) groups is 2. The highest BCUT2D eigenvalue weighted by Gasteiger charge is 2.17. The Morgan fingerprint density at radius 3 is 2.77 bits per heavy atom. The summed E-state index contributed by atoms with van der Waals surface area (Å²) in [5.41, 5.74) is 7.98. The number of hydrazine groups is 1. The molecular formula is C23H31N5O2. The number of amidine groups is 1. The van der Waals surface area contributed by atoms with Gasteiger partial charge in [-0.3, -0.25) is 25.4 Å². The van der Waals surface area contributed by atoms with E-state index >= 15 is 0 Å². The highest BCUT2D eigenvalue weighted by molar-refractivity contribution is 6.04. The maximum Gasteiger partial charge on any atom is 0.266 e. The minimum atomic E-state index is -0.138. The molecule has 4 N–H and O–H groups in total. The van der Waals surface area contributed by atoms with Crippen LogP contribution >= 0.6 is 0 Å². The first kappa shape index (κ1) is 22.9. The Labute approximate surface area is 178 Å². The predicted molar refractivity (Wildman–Crippen MR) is 122 cm³/mol. The summed E-state index contributed by atoms with van der Waals surface area (Å²) in [6.07, 6.45) is 8.67. The zero-order valence-electron chi connectivity index (χ0n) is 17.5. The number of aliphatic imine (C=N–C) groups is 1. The van der Waals surface area contributed by atoms with Crippen LogP contribution < -0.4 is 21.5 Å². The van der Waals surface area contributed by atoms with Crippen molar-refractivity contribution in [2.45, 2.75) is 39.0 Å². The van der Waals surface area contributed by atoms with Crippen molar-refractivity contribution in [2.24, 2.45) is 4.99 Å². The van der Waals surface area contributed by atoms with Crippen molar-refractivity contribution in [3.05, 3.63) is 66.4 Å². The Hall–Kier alpha value is -3.35. The molecule has 1 aliphatic rings. The third kappa shape index (κ3) is 8.77. The van der Waals surface area contributed by atoms with Crippen LogP contribution in [0.15, 0.2) is 71.4 Å². The molecule has 0 aromatic heterocycles. The monoisotopic (exact) mass is 409 g/mol. The number of nitrogens with zero attached hydrogens (tertiary/aromatic N) is 1. The third-order valence-electron chi connectivity index (χ3n) is 4.40. The van der Waals surface area contributed by atoms with Crippen LogP contribution in [-0.4, -0.2) is 30.7 Å². The third-order valence-corrected chi connectivity index (χ3v) is 4.40. The first-order valence-corrected chi connectivity index (χ1v) is 10.3. The molecule has 0 aliphatic carbocycles. The van der Waals surface area contributed by atoms with E-state index in [9.17, 15) is 9.59 Å². The Balaban J connectivity index is 1.57. The summed E-state index contributed by atoms with van der Waals surface area (Å²) in [5.74, 6) is 0.622. The average Bonchev–Trinajstić information content (AvgIpc) is 2.74. The van der Waals surface area contributed by atoms with Gasteiger partial charge in [-0.05, 0) is 38.3 Å². The summed E-state index contributed by atoms with van der Waals surface area (Å²) in [5, 5.41) is 6.16. The molecule has 0 saturated carbocycles. The molecule has 1 saturated heterocycles. The molecule has 0 bridgehead atoms. The highest BCUT2D eigenvalue weighted by Crippen LogP contribution is 2.12. The zero-order chi connectivity index (χ0) is 21.6. The number of allylic oxidation sites excluding steroid dienone is 4. The Kier molecular flexibility index (Phi) is 9.92. The van der Waals surface area contributed by atoms with Crippen LogP contribution in [0.1, 0.15) is 39.0 Å². The number of amides is 2. The van der Waals surface area contributed by atoms with Crippen LogP contribution in [0.5, 0.6) is 0 Å². The second kappa shape index (κ2) is 13.0. The molecular weight excluding hydrogens is 378 g/mol. The largest absolute Gasteiger partial charge is 0.359 e. The van der Waals surface area contributed by atoms with Gasteiger partial charge in [0.15, 0.2) is 0 Å². The van der Waals surface area contributed by atoms with Gasteiger partial charge in [0.25, 0.3) is 5.91 Å². The summed E-state index contributed by atoms with van der Waals surface area (Å²) in [6, 6.07) is 9.86. The molecule has 1 aromatic rings. The Morgan fingerprint density at radius 2 is 2.00 bits per heavy atom. The lowest BCUT2D eigenvalue weighted by molar-refractivity contribution is -0.121. The topological polar surface area (TPSA) is 94.6 Å². The van der Waals surface area contributed by atoms with E-state index in [1.54, 1.807) is 6.08 Å². The molecule has 2 rings (SSSR count). The molecule has 0 atom stereocenters. The summed E-state index contributed by atoms with van der Waals surface area (Å²) >= 11 is 0. The fraction of sp³-hybridized carbons (Fsp3) is 0.348. The maximum absolute atomic E-state index is 12.0. The molecule has 7 heteroatoms. The number of para-hydroxylation sites is 1. The fourth-order valence-corrected chi connectivity index (χ4v) is 2.82. The van der Waals surface area contributed by atoms with Crippen LogP contribution in [-0.2, 0) is 9.59 Å². The van der Waals surface area contributed by atoms with Gasteiger partial charge in [-0.2, -0.15) is 0 Å². The lowest BCUT2D eigenvalue weighted by atomic mass is 10.1. The van der Waals surface area contributed by atoms with E-state index in [4.69, 9.17) is 0 Å². The number of anilines is 1. The molecule has 0 radical (unpaired) electrons. The number of hydrogen-bond acceptors (Lipinski definition) is 4. The normalized spacial score (nSPS) is 16.4. The predicted octanol–water partition coefficient (Wildman–Crippen LogP) is 3.21. The molecule has 0 spiro atoms. The van der Waals surface area contributed by atoms with Gasteiger partial charge in [0.1, 0.15) is 5.84 Å². The SMILES string of the molecule is C=C(CCCC(=O)NCCCN=C1C/C(=C\C=C/C)C(=O)NN1)Nc1ccccc1. The molecule has 1 aliphatic heterocycles. The fourth-order valence-electron chi connectivity index (χ4n) is 2.82. The van der Waals surface area contributed by atoms with Crippen molar-refractivity contribution in [1.82, 2.24) is 16.2 Å². The van der Waals surface area contributed by atoms with Gasteiger partial charge in [-0.15, -0.1) is 0 Å². The summed E-state index contributed by atoms with van der Waals surface area (Å²) < 4.78 is 0. The summed E-state index contributed by atoms with van der Waals surface area (Å²) in [7, 11) is 0. The second-order valence-electron chi connectivity index (χ2n) is 6.95. The van der Waals surface area contributed by atoms with E-state index in [-0.39, 0.29) is 11.8 Å². The minimum Gasteiger partial charge on any atom is -0.359 e. The molecule has 2 amide bonds. The second-order valence-corrected chi connectivity index (χ2v) is 6.95. The molecule has 160 valence electrons. The Morgan fingerprint density at radius 1 is 1.20 bits per heavy atom. The van der Waals surface area contributed by atoms with Gasteiger partial charge in [0.2, 0.25) is 5.91 Å². The number of benzene rings is 1. The first-order chi connectivity index (χ1) is 14.6. The maximum atomic E-state index is 12.0. The lowest BCUT2D eigenvalue weighted by Gasteiger charge is -2.19. The standard InChI is InChI=1S/C23H31N5O2/c1-3-4-11-19-17-21(27-28-23(19)30)24-15-9-16-25-22(29)14-8-10-18(2)26-20-12-6-5-7-13-20/h3-7,11-13,26H,2,8-10,14-17H2,1H3,(H,24,27)(H,25,29)(H,28,30)/b4-3-,19-11+. The van der Waals surface area contributed by atoms with E-state index in [1.165, 1.54) is 0 Å². The van der Waals surface area contributed by atoms with Crippen LogP contribution in [0.3, 0.4) is 0 Å². The molecule has 0 unspecified atom stereocenters. The minimum absolute atomic E-state index is 0.0368. The van der Waals surface area contributed by atoms with Gasteiger partial charge in [-0.25, -0.2) is 0 Å². The van der Waals surface area contributed by atoms with Crippen LogP contribution in [0, 0.1) is 0 Å². The molecule has 1 heterocycles. The van der Waals surface area contributed by atoms with Crippen molar-refractivity contribution in [2.75, 3.05) is 18.4 Å². The van der Waals surface area contributed by atoms with Crippen molar-refractivity contribution in [3.63, 3.8) is 0 Å². The molecule has 7 nitrogen and oxygen atoms in total. The number of hydrogen-bond donors (Lipinski definition) is 4. The van der Waals surface area contributed by atoms with Gasteiger partial charge in [0, 0.05) is 42.9 Å². The zero-order valence-corrected chi connectivity index (χ0v) is 17.5. The van der Waals surface area contributed by atoms with E-state index in [2.05, 4.69) is 33.1 Å². The average molecular weight is 410 g/mol. The van der Waals surface area contributed by atoms with Crippen molar-refractivity contribution in [3.8, 4) is 0 Å². The number of carbonyl (C=O) groups excluding carboxylic acids is 2. The van der Waals surface area contributed by atoms with E-state index < -0.39 is 0 Å². The highest BCUT2D eigenvalue weighted by atomic mass is 16.2. The van der Waals surface area contributed by atoms with Crippen molar-refractivity contribution in [1.29, 1.82) is 0 Å². The van der Waals surface area contributed by atoms with Crippen LogP contribution in [0.4, 0.5) is 5.69 Å². The number of rotatable bonds is 11. The smallest absolute Gasteiger partial charge is 0.266 e. The van der Waals surface area contributed by atoms with Crippen molar-refractivity contribution >= 4 is 23.3 Å². The van der Waals surface area contributed by atoms with Gasteiger partial charge in [0.05, 0.1) is 0 Å². The van der Waals surface area contributed by atoms with Gasteiger partial charge in [-0.1, -0.05) is 43.0 Å². The van der Waals surface area contributed by atoms with Crippen LogP contribution in [0.25, 0.3) is 0 Å². The quantitative estimate of drug-likeness (QED) is 0.333. The van der Waals surface area contributed by atoms with Crippen LogP contribution in [0.2, 0.25) is 0 Å². The summed E-state index contributed by atoms with van der Waals surface area (Å²) in [4.78, 5) is 28.1. The molecule has 1 aromatic carbocycles. The number of nitrogens with one attached hydrogen (secondary N) is 4. The van der Waals surface area contributed by atoms with Gasteiger partial charge >= 0.3 is 0 Å². The Bertz CT molecular complexity index is 812. The molecule has 1 fully saturated rings. The first-order valence-electron chi connectivity index (χ1n) is 10.3. The van der Waals surface area contributed by atoms with E-state index in [0.29, 0.717) is 31.5 Å². The van der Waals surface area contributed by atoms with Gasteiger partial charge < -0.3 is 10.6 Å².